The van der Waals surface area contributed by atoms with Gasteiger partial charge in [-0.2, -0.15) is 0 Å². The van der Waals surface area contributed by atoms with Gasteiger partial charge in [-0.25, -0.2) is 0 Å². The first-order chi connectivity index (χ1) is 13.1. The normalized spacial score (nSPS) is 12.2. The van der Waals surface area contributed by atoms with Crippen molar-refractivity contribution >= 4 is 23.2 Å². The first-order valence-electron chi connectivity index (χ1n) is 8.80. The quantitative estimate of drug-likeness (QED) is 0.683. The highest BCUT2D eigenvalue weighted by molar-refractivity contribution is 7.09. The SMILES string of the molecule is CCN(CC(=O)NCc1ccc2c(c1)OCO2)CC(=O)NCc1cccs1. The minimum absolute atomic E-state index is 0.0891. The van der Waals surface area contributed by atoms with Gasteiger partial charge in [0.1, 0.15) is 0 Å². The first kappa shape index (κ1) is 19.2. The van der Waals surface area contributed by atoms with Crippen LogP contribution in [-0.4, -0.2) is 43.1 Å². The van der Waals surface area contributed by atoms with Crippen LogP contribution in [0.1, 0.15) is 17.4 Å². The summed E-state index contributed by atoms with van der Waals surface area (Å²) in [4.78, 5) is 27.2. The summed E-state index contributed by atoms with van der Waals surface area (Å²) in [5, 5.41) is 7.73. The van der Waals surface area contributed by atoms with E-state index in [0.717, 1.165) is 16.2 Å². The number of nitrogens with one attached hydrogen (secondary N) is 2. The van der Waals surface area contributed by atoms with Gasteiger partial charge in [-0.15, -0.1) is 11.3 Å². The van der Waals surface area contributed by atoms with Crippen LogP contribution >= 0.6 is 11.3 Å². The van der Waals surface area contributed by atoms with Crippen LogP contribution in [0.15, 0.2) is 35.7 Å². The Morgan fingerprint density at radius 1 is 1.07 bits per heavy atom. The van der Waals surface area contributed by atoms with Gasteiger partial charge in [0.05, 0.1) is 19.6 Å². The van der Waals surface area contributed by atoms with Crippen molar-refractivity contribution in [2.75, 3.05) is 26.4 Å². The Labute approximate surface area is 162 Å². The number of carbonyl (C=O) groups is 2. The first-order valence-corrected chi connectivity index (χ1v) is 9.68. The molecule has 0 bridgehead atoms. The molecule has 144 valence electrons. The van der Waals surface area contributed by atoms with E-state index in [1.807, 2.05) is 42.6 Å². The van der Waals surface area contributed by atoms with Gasteiger partial charge in [0.25, 0.3) is 0 Å². The molecule has 1 aliphatic rings. The van der Waals surface area contributed by atoms with Crippen LogP contribution in [0, 0.1) is 0 Å². The molecule has 2 aromatic rings. The third-order valence-corrected chi connectivity index (χ3v) is 5.02. The van der Waals surface area contributed by atoms with Gasteiger partial charge in [0.15, 0.2) is 11.5 Å². The number of nitrogens with zero attached hydrogens (tertiary/aromatic N) is 1. The average molecular weight is 389 g/mol. The summed E-state index contributed by atoms with van der Waals surface area (Å²) >= 11 is 1.60. The zero-order valence-electron chi connectivity index (χ0n) is 15.2. The topological polar surface area (TPSA) is 79.9 Å². The van der Waals surface area contributed by atoms with Gasteiger partial charge < -0.3 is 20.1 Å². The number of likely N-dealkylation sites (N-methyl/N-ethyl adjacent to an activating group) is 1. The van der Waals surface area contributed by atoms with Crippen LogP contribution in [0.4, 0.5) is 0 Å². The summed E-state index contributed by atoms with van der Waals surface area (Å²) in [7, 11) is 0. The van der Waals surface area contributed by atoms with Crippen LogP contribution in [0.25, 0.3) is 0 Å². The maximum absolute atomic E-state index is 12.2. The van der Waals surface area contributed by atoms with Crippen molar-refractivity contribution in [3.63, 3.8) is 0 Å². The molecule has 27 heavy (non-hydrogen) atoms. The standard InChI is InChI=1S/C19H23N3O4S/c1-2-22(12-19(24)21-10-15-4-3-7-27-15)11-18(23)20-9-14-5-6-16-17(8-14)26-13-25-16/h3-8H,2,9-13H2,1H3,(H,20,23)(H,21,24). The van der Waals surface area contributed by atoms with Crippen molar-refractivity contribution in [1.82, 2.24) is 15.5 Å². The Morgan fingerprint density at radius 2 is 1.81 bits per heavy atom. The van der Waals surface area contributed by atoms with Crippen molar-refractivity contribution in [2.24, 2.45) is 0 Å². The molecular weight excluding hydrogens is 366 g/mol. The predicted octanol–water partition coefficient (Wildman–Crippen LogP) is 1.73. The van der Waals surface area contributed by atoms with Crippen LogP contribution in [-0.2, 0) is 22.7 Å². The van der Waals surface area contributed by atoms with Crippen LogP contribution < -0.4 is 20.1 Å². The molecule has 0 saturated carbocycles. The van der Waals surface area contributed by atoms with Crippen LogP contribution in [0.2, 0.25) is 0 Å². The molecule has 2 heterocycles. The number of hydrogen-bond acceptors (Lipinski definition) is 6. The molecule has 2 N–H and O–H groups in total. The zero-order chi connectivity index (χ0) is 19.1. The Kier molecular flexibility index (Phi) is 6.67. The van der Waals surface area contributed by atoms with Crippen LogP contribution in [0.3, 0.4) is 0 Å². The lowest BCUT2D eigenvalue weighted by Crippen LogP contribution is -2.42. The summed E-state index contributed by atoms with van der Waals surface area (Å²) in [6.45, 7) is 4.06. The largest absolute Gasteiger partial charge is 0.454 e. The Hall–Kier alpha value is -2.58. The summed E-state index contributed by atoms with van der Waals surface area (Å²) in [5.41, 5.74) is 0.935. The van der Waals surface area contributed by atoms with Crippen molar-refractivity contribution in [2.45, 2.75) is 20.0 Å². The molecule has 1 aromatic carbocycles. The number of hydrogen-bond donors (Lipinski definition) is 2. The number of thiophene rings is 1. The minimum atomic E-state index is -0.124. The third-order valence-electron chi connectivity index (χ3n) is 4.15. The second kappa shape index (κ2) is 9.38. The van der Waals surface area contributed by atoms with Gasteiger partial charge in [-0.1, -0.05) is 19.1 Å². The number of fused-ring (bicyclic) bond motifs is 1. The lowest BCUT2D eigenvalue weighted by molar-refractivity contribution is -0.125. The molecule has 0 fully saturated rings. The van der Waals surface area contributed by atoms with Crippen molar-refractivity contribution in [1.29, 1.82) is 0 Å². The van der Waals surface area contributed by atoms with E-state index in [0.29, 0.717) is 25.4 Å². The van der Waals surface area contributed by atoms with Gasteiger partial charge in [0.2, 0.25) is 18.6 Å². The summed E-state index contributed by atoms with van der Waals surface area (Å²) in [6.07, 6.45) is 0. The highest BCUT2D eigenvalue weighted by Crippen LogP contribution is 2.32. The molecule has 0 atom stereocenters. The molecular formula is C19H23N3O4S. The number of rotatable bonds is 9. The fourth-order valence-electron chi connectivity index (χ4n) is 2.65. The predicted molar refractivity (Wildman–Crippen MR) is 103 cm³/mol. The monoisotopic (exact) mass is 389 g/mol. The lowest BCUT2D eigenvalue weighted by atomic mass is 10.2. The van der Waals surface area contributed by atoms with E-state index in [9.17, 15) is 9.59 Å². The molecule has 0 radical (unpaired) electrons. The van der Waals surface area contributed by atoms with E-state index in [-0.39, 0.29) is 31.7 Å². The molecule has 1 aliphatic heterocycles. The maximum atomic E-state index is 12.2. The van der Waals surface area contributed by atoms with Gasteiger partial charge in [-0.3, -0.25) is 14.5 Å². The van der Waals surface area contributed by atoms with E-state index in [1.165, 1.54) is 0 Å². The molecule has 3 rings (SSSR count). The second-order valence-corrected chi connectivity index (χ2v) is 7.16. The highest BCUT2D eigenvalue weighted by Gasteiger charge is 2.15. The van der Waals surface area contributed by atoms with Gasteiger partial charge in [-0.05, 0) is 35.7 Å². The molecule has 0 saturated heterocycles. The Balaban J connectivity index is 1.40. The van der Waals surface area contributed by atoms with Crippen molar-refractivity contribution in [3.8, 4) is 11.5 Å². The fraction of sp³-hybridized carbons (Fsp3) is 0.368. The summed E-state index contributed by atoms with van der Waals surface area (Å²) in [6, 6.07) is 9.52. The number of ether oxygens (including phenoxy) is 2. The lowest BCUT2D eigenvalue weighted by Gasteiger charge is -2.19. The highest BCUT2D eigenvalue weighted by atomic mass is 32.1. The molecule has 2 amide bonds. The summed E-state index contributed by atoms with van der Waals surface area (Å²) in [5.74, 6) is 1.20. The number of carbonyl (C=O) groups excluding carboxylic acids is 2. The fourth-order valence-corrected chi connectivity index (χ4v) is 3.29. The smallest absolute Gasteiger partial charge is 0.234 e. The summed E-state index contributed by atoms with van der Waals surface area (Å²) < 4.78 is 10.6. The van der Waals surface area contributed by atoms with Crippen molar-refractivity contribution < 1.29 is 19.1 Å². The Morgan fingerprint density at radius 3 is 2.52 bits per heavy atom. The minimum Gasteiger partial charge on any atom is -0.454 e. The maximum Gasteiger partial charge on any atom is 0.234 e. The number of benzene rings is 1. The van der Waals surface area contributed by atoms with Gasteiger partial charge in [0, 0.05) is 11.4 Å². The van der Waals surface area contributed by atoms with E-state index >= 15 is 0 Å². The van der Waals surface area contributed by atoms with E-state index < -0.39 is 0 Å². The molecule has 0 unspecified atom stereocenters. The van der Waals surface area contributed by atoms with E-state index in [2.05, 4.69) is 10.6 Å². The zero-order valence-corrected chi connectivity index (χ0v) is 16.0. The molecule has 8 heteroatoms. The molecule has 0 aliphatic carbocycles. The van der Waals surface area contributed by atoms with Crippen molar-refractivity contribution in [3.05, 3.63) is 46.2 Å². The van der Waals surface area contributed by atoms with Crippen LogP contribution in [0.5, 0.6) is 11.5 Å². The molecule has 1 aromatic heterocycles. The average Bonchev–Trinajstić information content (AvgIpc) is 3.35. The second-order valence-electron chi connectivity index (χ2n) is 6.12. The van der Waals surface area contributed by atoms with Gasteiger partial charge >= 0.3 is 0 Å². The molecule has 7 nitrogen and oxygen atoms in total. The third kappa shape index (κ3) is 5.70. The number of amides is 2. The van der Waals surface area contributed by atoms with E-state index in [4.69, 9.17) is 9.47 Å². The Bertz CT molecular complexity index is 779. The molecule has 0 spiro atoms. The van der Waals surface area contributed by atoms with E-state index in [1.54, 1.807) is 16.2 Å².